The Morgan fingerprint density at radius 2 is 2.35 bits per heavy atom. The Labute approximate surface area is 136 Å². The lowest BCUT2D eigenvalue weighted by atomic mass is 10.0. The van der Waals surface area contributed by atoms with Crippen molar-refractivity contribution in [1.82, 2.24) is 4.90 Å². The molecule has 0 bridgehead atoms. The number of carbonyl (C=O) groups is 1. The Bertz CT molecular complexity index is 598. The van der Waals surface area contributed by atoms with Crippen molar-refractivity contribution in [2.24, 2.45) is 11.1 Å². The van der Waals surface area contributed by atoms with Crippen molar-refractivity contribution in [3.63, 3.8) is 0 Å². The fourth-order valence-corrected chi connectivity index (χ4v) is 2.52. The van der Waals surface area contributed by atoms with Crippen molar-refractivity contribution in [3.8, 4) is 0 Å². The van der Waals surface area contributed by atoms with Crippen molar-refractivity contribution < 1.29 is 14.0 Å². The first-order valence-corrected chi connectivity index (χ1v) is 7.87. The quantitative estimate of drug-likeness (QED) is 0.723. The highest BCUT2D eigenvalue weighted by Crippen LogP contribution is 2.19. The van der Waals surface area contributed by atoms with Crippen LogP contribution >= 0.6 is 0 Å². The van der Waals surface area contributed by atoms with Crippen LogP contribution < -0.4 is 0 Å². The van der Waals surface area contributed by atoms with Crippen LogP contribution in [0.3, 0.4) is 0 Å². The molecule has 1 amide bonds. The topological polar surface area (TPSA) is 41.9 Å². The molecule has 0 saturated carbocycles. The molecule has 2 rings (SSSR count). The summed E-state index contributed by atoms with van der Waals surface area (Å²) in [5, 5.41) is 4.05. The molecule has 0 saturated heterocycles. The van der Waals surface area contributed by atoms with Gasteiger partial charge in [-0.1, -0.05) is 37.2 Å². The standard InChI is InChI=1S/C18H23FN2O2/c1-4-8-21(18(22)9-13(2)3)12-16-11-17(20-23-16)14-6-5-7-15(19)10-14/h4-7,10,13,16H,1,8-9,11-12H2,2-3H3. The predicted molar refractivity (Wildman–Crippen MR) is 88.7 cm³/mol. The Hall–Kier alpha value is -2.17. The molecule has 4 nitrogen and oxygen atoms in total. The van der Waals surface area contributed by atoms with Crippen LogP contribution in [-0.2, 0) is 9.63 Å². The molecule has 1 atom stereocenters. The van der Waals surface area contributed by atoms with E-state index in [1.807, 2.05) is 13.8 Å². The van der Waals surface area contributed by atoms with Gasteiger partial charge in [-0.25, -0.2) is 4.39 Å². The van der Waals surface area contributed by atoms with Crippen LogP contribution in [0.5, 0.6) is 0 Å². The Balaban J connectivity index is 1.96. The molecule has 0 fully saturated rings. The smallest absolute Gasteiger partial charge is 0.223 e. The minimum Gasteiger partial charge on any atom is -0.390 e. The van der Waals surface area contributed by atoms with Gasteiger partial charge in [-0.3, -0.25) is 4.79 Å². The van der Waals surface area contributed by atoms with E-state index in [0.29, 0.717) is 37.6 Å². The molecule has 23 heavy (non-hydrogen) atoms. The van der Waals surface area contributed by atoms with Gasteiger partial charge in [0.25, 0.3) is 0 Å². The van der Waals surface area contributed by atoms with Gasteiger partial charge in [-0.15, -0.1) is 6.58 Å². The first-order chi connectivity index (χ1) is 11.0. The molecule has 0 aliphatic carbocycles. The van der Waals surface area contributed by atoms with E-state index < -0.39 is 0 Å². The van der Waals surface area contributed by atoms with Crippen molar-refractivity contribution in [1.29, 1.82) is 0 Å². The van der Waals surface area contributed by atoms with Crippen LogP contribution in [0, 0.1) is 11.7 Å². The first-order valence-electron chi connectivity index (χ1n) is 7.87. The van der Waals surface area contributed by atoms with Crippen LogP contribution in [0.15, 0.2) is 42.1 Å². The maximum absolute atomic E-state index is 13.3. The Morgan fingerprint density at radius 3 is 3.00 bits per heavy atom. The lowest BCUT2D eigenvalue weighted by Gasteiger charge is -2.24. The normalized spacial score (nSPS) is 16.9. The molecular formula is C18H23FN2O2. The van der Waals surface area contributed by atoms with Gasteiger partial charge in [0.15, 0.2) is 6.10 Å². The number of nitrogens with zero attached hydrogens (tertiary/aromatic N) is 2. The number of benzene rings is 1. The van der Waals surface area contributed by atoms with Gasteiger partial charge in [0.05, 0.1) is 12.3 Å². The number of hydrogen-bond acceptors (Lipinski definition) is 3. The highest BCUT2D eigenvalue weighted by Gasteiger charge is 2.26. The zero-order chi connectivity index (χ0) is 16.8. The second-order valence-corrected chi connectivity index (χ2v) is 6.17. The highest BCUT2D eigenvalue weighted by molar-refractivity contribution is 6.01. The van der Waals surface area contributed by atoms with E-state index in [1.54, 1.807) is 23.1 Å². The molecule has 1 aliphatic heterocycles. The number of rotatable bonds is 7. The zero-order valence-electron chi connectivity index (χ0n) is 13.7. The van der Waals surface area contributed by atoms with Crippen LogP contribution in [-0.4, -0.2) is 35.7 Å². The van der Waals surface area contributed by atoms with Crippen molar-refractivity contribution in [2.45, 2.75) is 32.8 Å². The van der Waals surface area contributed by atoms with Crippen LogP contribution in [0.4, 0.5) is 4.39 Å². The second kappa shape index (κ2) is 7.90. The summed E-state index contributed by atoms with van der Waals surface area (Å²) in [5.41, 5.74) is 1.43. The SMILES string of the molecule is C=CCN(CC1CC(c2cccc(F)c2)=NO1)C(=O)CC(C)C. The molecule has 1 aromatic rings. The van der Waals surface area contributed by atoms with E-state index in [-0.39, 0.29) is 17.8 Å². The van der Waals surface area contributed by atoms with E-state index in [4.69, 9.17) is 4.84 Å². The molecule has 0 radical (unpaired) electrons. The number of hydrogen-bond donors (Lipinski definition) is 0. The maximum Gasteiger partial charge on any atom is 0.223 e. The van der Waals surface area contributed by atoms with Crippen molar-refractivity contribution in [2.75, 3.05) is 13.1 Å². The van der Waals surface area contributed by atoms with Gasteiger partial charge in [-0.2, -0.15) is 0 Å². The predicted octanol–water partition coefficient (Wildman–Crippen LogP) is 3.38. The average Bonchev–Trinajstić information content (AvgIpc) is 2.95. The van der Waals surface area contributed by atoms with E-state index in [0.717, 1.165) is 5.56 Å². The van der Waals surface area contributed by atoms with Gasteiger partial charge in [0.1, 0.15) is 5.82 Å². The minimum atomic E-state index is -0.297. The monoisotopic (exact) mass is 318 g/mol. The fourth-order valence-electron chi connectivity index (χ4n) is 2.52. The second-order valence-electron chi connectivity index (χ2n) is 6.17. The summed E-state index contributed by atoms with van der Waals surface area (Å²) in [4.78, 5) is 19.4. The zero-order valence-corrected chi connectivity index (χ0v) is 13.7. The number of oxime groups is 1. The van der Waals surface area contributed by atoms with E-state index in [9.17, 15) is 9.18 Å². The van der Waals surface area contributed by atoms with Gasteiger partial charge in [0, 0.05) is 24.9 Å². The van der Waals surface area contributed by atoms with Gasteiger partial charge >= 0.3 is 0 Å². The molecule has 1 aliphatic rings. The van der Waals surface area contributed by atoms with E-state index in [2.05, 4.69) is 11.7 Å². The molecular weight excluding hydrogens is 295 g/mol. The fraction of sp³-hybridized carbons (Fsp3) is 0.444. The molecule has 5 heteroatoms. The van der Waals surface area contributed by atoms with Crippen molar-refractivity contribution in [3.05, 3.63) is 48.3 Å². The van der Waals surface area contributed by atoms with Gasteiger partial charge in [-0.05, 0) is 18.1 Å². The Kier molecular flexibility index (Phi) is 5.90. The summed E-state index contributed by atoms with van der Waals surface area (Å²) in [6, 6.07) is 6.29. The summed E-state index contributed by atoms with van der Waals surface area (Å²) in [6.07, 6.45) is 2.57. The van der Waals surface area contributed by atoms with Crippen LogP contribution in [0.1, 0.15) is 32.3 Å². The third-order valence-corrected chi connectivity index (χ3v) is 3.60. The third-order valence-electron chi connectivity index (χ3n) is 3.60. The summed E-state index contributed by atoms with van der Waals surface area (Å²) in [6.45, 7) is 8.68. The molecule has 1 unspecified atom stereocenters. The van der Waals surface area contributed by atoms with Gasteiger partial charge in [0.2, 0.25) is 5.91 Å². The largest absolute Gasteiger partial charge is 0.390 e. The molecule has 0 N–H and O–H groups in total. The Morgan fingerprint density at radius 1 is 1.57 bits per heavy atom. The van der Waals surface area contributed by atoms with Gasteiger partial charge < -0.3 is 9.74 Å². The number of carbonyl (C=O) groups excluding carboxylic acids is 1. The summed E-state index contributed by atoms with van der Waals surface area (Å²) in [5.74, 6) is 0.0927. The lowest BCUT2D eigenvalue weighted by Crippen LogP contribution is -2.38. The minimum absolute atomic E-state index is 0.0858. The molecule has 124 valence electrons. The summed E-state index contributed by atoms with van der Waals surface area (Å²) in [7, 11) is 0. The van der Waals surface area contributed by atoms with E-state index >= 15 is 0 Å². The maximum atomic E-state index is 13.3. The summed E-state index contributed by atoms with van der Waals surface area (Å²) >= 11 is 0. The molecule has 1 aromatic carbocycles. The molecule has 1 heterocycles. The van der Waals surface area contributed by atoms with Crippen LogP contribution in [0.25, 0.3) is 0 Å². The lowest BCUT2D eigenvalue weighted by molar-refractivity contribution is -0.133. The number of amides is 1. The average molecular weight is 318 g/mol. The third kappa shape index (κ3) is 4.91. The highest BCUT2D eigenvalue weighted by atomic mass is 19.1. The van der Waals surface area contributed by atoms with Crippen molar-refractivity contribution >= 4 is 11.6 Å². The molecule has 0 spiro atoms. The van der Waals surface area contributed by atoms with Crippen LogP contribution in [0.2, 0.25) is 0 Å². The summed E-state index contributed by atoms with van der Waals surface area (Å²) < 4.78 is 13.3. The number of halogens is 1. The molecule has 0 aromatic heterocycles. The first kappa shape index (κ1) is 17.2. The van der Waals surface area contributed by atoms with E-state index in [1.165, 1.54) is 12.1 Å².